The fourth-order valence-electron chi connectivity index (χ4n) is 1.63. The Hall–Kier alpha value is -2.10. The monoisotopic (exact) mass is 276 g/mol. The van der Waals surface area contributed by atoms with Crippen molar-refractivity contribution >= 4 is 18.0 Å². The number of rotatable bonds is 6. The van der Waals surface area contributed by atoms with Crippen molar-refractivity contribution in [2.75, 3.05) is 6.61 Å². The molecule has 1 aromatic rings. The predicted molar refractivity (Wildman–Crippen MR) is 76.9 cm³/mol. The molecule has 0 aliphatic carbocycles. The van der Waals surface area contributed by atoms with Crippen LogP contribution in [0.1, 0.15) is 32.8 Å². The lowest BCUT2D eigenvalue weighted by Gasteiger charge is -2.23. The van der Waals surface area contributed by atoms with Crippen LogP contribution in [0.15, 0.2) is 36.4 Å². The van der Waals surface area contributed by atoms with Crippen molar-refractivity contribution in [2.24, 2.45) is 0 Å². The van der Waals surface area contributed by atoms with Crippen molar-refractivity contribution in [1.29, 1.82) is 0 Å². The number of ether oxygens (including phenoxy) is 2. The summed E-state index contributed by atoms with van der Waals surface area (Å²) >= 11 is 0. The first-order valence-electron chi connectivity index (χ1n) is 6.54. The normalized spacial score (nSPS) is 11.3. The lowest BCUT2D eigenvalue weighted by atomic mass is 10.1. The number of benzene rings is 1. The summed E-state index contributed by atoms with van der Waals surface area (Å²) in [6.07, 6.45) is 3.05. The summed E-state index contributed by atoms with van der Waals surface area (Å²) in [6, 6.07) is 9.44. The van der Waals surface area contributed by atoms with Crippen molar-refractivity contribution in [3.8, 4) is 0 Å². The van der Waals surface area contributed by atoms with Gasteiger partial charge in [0, 0.05) is 6.08 Å². The summed E-state index contributed by atoms with van der Waals surface area (Å²) in [4.78, 5) is 23.1. The average Bonchev–Trinajstić information content (AvgIpc) is 2.36. The molecule has 0 unspecified atom stereocenters. The molecule has 0 amide bonds. The standard InChI is InChI=1S/C16H20O4/c1-4-19-15(18)12-16(2,3)20-14(17)11-10-13-8-6-5-7-9-13/h5-11H,4,12H2,1-3H3. The van der Waals surface area contributed by atoms with Crippen molar-refractivity contribution in [3.05, 3.63) is 42.0 Å². The first-order chi connectivity index (χ1) is 9.43. The molecule has 0 bridgehead atoms. The Balaban J connectivity index is 2.52. The van der Waals surface area contributed by atoms with Crippen molar-refractivity contribution in [2.45, 2.75) is 32.8 Å². The largest absolute Gasteiger partial charge is 0.466 e. The Labute approximate surface area is 119 Å². The number of hydrogen-bond donors (Lipinski definition) is 0. The summed E-state index contributed by atoms with van der Waals surface area (Å²) in [5.41, 5.74) is 0.0253. The minimum Gasteiger partial charge on any atom is -0.466 e. The Morgan fingerprint density at radius 3 is 2.45 bits per heavy atom. The van der Waals surface area contributed by atoms with Gasteiger partial charge in [0.15, 0.2) is 0 Å². The van der Waals surface area contributed by atoms with Crippen LogP contribution in [-0.2, 0) is 19.1 Å². The fourth-order valence-corrected chi connectivity index (χ4v) is 1.63. The Morgan fingerprint density at radius 2 is 1.85 bits per heavy atom. The molecule has 1 rings (SSSR count). The number of esters is 2. The van der Waals surface area contributed by atoms with E-state index in [1.807, 2.05) is 30.3 Å². The predicted octanol–water partition coefficient (Wildman–Crippen LogP) is 2.97. The summed E-state index contributed by atoms with van der Waals surface area (Å²) in [5, 5.41) is 0. The van der Waals surface area contributed by atoms with Gasteiger partial charge in [0.1, 0.15) is 5.60 Å². The molecule has 20 heavy (non-hydrogen) atoms. The van der Waals surface area contributed by atoms with Gasteiger partial charge in [-0.25, -0.2) is 4.79 Å². The van der Waals surface area contributed by atoms with E-state index in [2.05, 4.69) is 0 Å². The maximum atomic E-state index is 11.7. The highest BCUT2D eigenvalue weighted by Crippen LogP contribution is 2.16. The number of hydrogen-bond acceptors (Lipinski definition) is 4. The van der Waals surface area contributed by atoms with Gasteiger partial charge in [0.25, 0.3) is 0 Å². The third-order valence-electron chi connectivity index (χ3n) is 2.46. The molecule has 0 fully saturated rings. The molecule has 0 saturated heterocycles. The minimum absolute atomic E-state index is 0.0335. The maximum absolute atomic E-state index is 11.7. The molecule has 0 spiro atoms. The smallest absolute Gasteiger partial charge is 0.331 e. The summed E-state index contributed by atoms with van der Waals surface area (Å²) < 4.78 is 10.1. The summed E-state index contributed by atoms with van der Waals surface area (Å²) in [5.74, 6) is -0.861. The lowest BCUT2D eigenvalue weighted by molar-refractivity contribution is -0.158. The zero-order valence-electron chi connectivity index (χ0n) is 12.1. The van der Waals surface area contributed by atoms with Crippen molar-refractivity contribution < 1.29 is 19.1 Å². The summed E-state index contributed by atoms with van der Waals surface area (Å²) in [7, 11) is 0. The van der Waals surface area contributed by atoms with Gasteiger partial charge in [0.2, 0.25) is 0 Å². The molecular formula is C16H20O4. The molecule has 108 valence electrons. The number of carbonyl (C=O) groups is 2. The zero-order chi connectivity index (χ0) is 15.0. The van der Waals surface area contributed by atoms with Crippen LogP contribution in [0.5, 0.6) is 0 Å². The topological polar surface area (TPSA) is 52.6 Å². The molecule has 0 aromatic heterocycles. The van der Waals surface area contributed by atoms with Gasteiger partial charge in [-0.3, -0.25) is 4.79 Å². The van der Waals surface area contributed by atoms with Gasteiger partial charge in [-0.05, 0) is 32.4 Å². The SMILES string of the molecule is CCOC(=O)CC(C)(C)OC(=O)C=Cc1ccccc1. The quantitative estimate of drug-likeness (QED) is 0.592. The molecule has 0 radical (unpaired) electrons. The Bertz CT molecular complexity index is 475. The third kappa shape index (κ3) is 6.18. The zero-order valence-corrected chi connectivity index (χ0v) is 12.1. The highest BCUT2D eigenvalue weighted by Gasteiger charge is 2.26. The number of carbonyl (C=O) groups excluding carboxylic acids is 2. The van der Waals surface area contributed by atoms with Crippen LogP contribution in [0.25, 0.3) is 6.08 Å². The molecule has 0 N–H and O–H groups in total. The lowest BCUT2D eigenvalue weighted by Crippen LogP contribution is -2.31. The minimum atomic E-state index is -0.885. The maximum Gasteiger partial charge on any atom is 0.331 e. The van der Waals surface area contributed by atoms with E-state index in [4.69, 9.17) is 9.47 Å². The van der Waals surface area contributed by atoms with Crippen LogP contribution in [-0.4, -0.2) is 24.1 Å². The van der Waals surface area contributed by atoms with E-state index in [1.54, 1.807) is 26.8 Å². The first kappa shape index (κ1) is 16.0. The first-order valence-corrected chi connectivity index (χ1v) is 6.54. The van der Waals surface area contributed by atoms with E-state index in [0.29, 0.717) is 6.61 Å². The molecule has 0 aliphatic rings. The molecule has 0 atom stereocenters. The third-order valence-corrected chi connectivity index (χ3v) is 2.46. The van der Waals surface area contributed by atoms with E-state index in [-0.39, 0.29) is 12.4 Å². The molecule has 0 heterocycles. The molecule has 0 saturated carbocycles. The molecule has 1 aromatic carbocycles. The fraction of sp³-hybridized carbons (Fsp3) is 0.375. The van der Waals surface area contributed by atoms with Crippen LogP contribution < -0.4 is 0 Å². The van der Waals surface area contributed by atoms with Gasteiger partial charge in [-0.2, -0.15) is 0 Å². The van der Waals surface area contributed by atoms with Crippen molar-refractivity contribution in [1.82, 2.24) is 0 Å². The van der Waals surface area contributed by atoms with E-state index in [9.17, 15) is 9.59 Å². The van der Waals surface area contributed by atoms with Crippen LogP contribution in [0.3, 0.4) is 0 Å². The van der Waals surface area contributed by atoms with E-state index < -0.39 is 11.6 Å². The Kier molecular flexibility index (Phi) is 5.97. The molecule has 4 heteroatoms. The second-order valence-electron chi connectivity index (χ2n) is 4.91. The molecule has 0 aliphatic heterocycles. The molecule has 4 nitrogen and oxygen atoms in total. The highest BCUT2D eigenvalue weighted by atomic mass is 16.6. The van der Waals surface area contributed by atoms with Gasteiger partial charge < -0.3 is 9.47 Å². The Morgan fingerprint density at radius 1 is 1.20 bits per heavy atom. The van der Waals surface area contributed by atoms with Gasteiger partial charge in [-0.1, -0.05) is 30.3 Å². The second kappa shape index (κ2) is 7.48. The highest BCUT2D eigenvalue weighted by molar-refractivity contribution is 5.87. The van der Waals surface area contributed by atoms with Gasteiger partial charge >= 0.3 is 11.9 Å². The van der Waals surface area contributed by atoms with Crippen LogP contribution in [0.2, 0.25) is 0 Å². The van der Waals surface area contributed by atoms with Gasteiger partial charge in [-0.15, -0.1) is 0 Å². The summed E-state index contributed by atoms with van der Waals surface area (Å²) in [6.45, 7) is 5.41. The van der Waals surface area contributed by atoms with Crippen LogP contribution in [0, 0.1) is 0 Å². The van der Waals surface area contributed by atoms with E-state index in [0.717, 1.165) is 5.56 Å². The van der Waals surface area contributed by atoms with Gasteiger partial charge in [0.05, 0.1) is 13.0 Å². The second-order valence-corrected chi connectivity index (χ2v) is 4.91. The van der Waals surface area contributed by atoms with Crippen molar-refractivity contribution in [3.63, 3.8) is 0 Å². The van der Waals surface area contributed by atoms with Crippen LogP contribution in [0.4, 0.5) is 0 Å². The van der Waals surface area contributed by atoms with E-state index >= 15 is 0 Å². The van der Waals surface area contributed by atoms with E-state index in [1.165, 1.54) is 6.08 Å². The van der Waals surface area contributed by atoms with Crippen LogP contribution >= 0.6 is 0 Å². The molecular weight excluding hydrogens is 256 g/mol. The average molecular weight is 276 g/mol.